The van der Waals surface area contributed by atoms with E-state index < -0.39 is 69.2 Å². The normalized spacial score (nSPS) is 21.4. The monoisotopic (exact) mass is 573 g/mol. The number of hydrogen-bond acceptors (Lipinski definition) is 7. The van der Waals surface area contributed by atoms with E-state index >= 15 is 0 Å². The van der Waals surface area contributed by atoms with Gasteiger partial charge in [0.05, 0.1) is 9.79 Å². The van der Waals surface area contributed by atoms with Crippen molar-refractivity contribution in [1.29, 1.82) is 0 Å². The van der Waals surface area contributed by atoms with E-state index in [1.807, 2.05) is 0 Å². The van der Waals surface area contributed by atoms with E-state index in [9.17, 15) is 48.4 Å². The third-order valence-corrected chi connectivity index (χ3v) is 9.06. The van der Waals surface area contributed by atoms with E-state index in [2.05, 4.69) is 9.47 Å². The van der Waals surface area contributed by atoms with Crippen LogP contribution >= 0.6 is 0 Å². The minimum atomic E-state index is -5.75. The fourth-order valence-corrected chi connectivity index (χ4v) is 7.29. The molecule has 0 aromatic heterocycles. The highest BCUT2D eigenvalue weighted by Gasteiger charge is 2.67. The molecule has 0 spiro atoms. The minimum Gasteiger partial charge on any atom is -0.407 e. The molecule has 8 nitrogen and oxygen atoms in total. The fraction of sp³-hybridized carbons (Fsp3) is 0.238. The number of benzene rings is 2. The average molecular weight is 573 g/mol. The molecular formula is C21H17F6NO7S2. The Morgan fingerprint density at radius 2 is 1.32 bits per heavy atom. The van der Waals surface area contributed by atoms with Crippen LogP contribution in [0.25, 0.3) is 0 Å². The van der Waals surface area contributed by atoms with Gasteiger partial charge in [0.1, 0.15) is 11.9 Å². The van der Waals surface area contributed by atoms with Crippen LogP contribution in [0.1, 0.15) is 6.92 Å². The van der Waals surface area contributed by atoms with Gasteiger partial charge < -0.3 is 4.74 Å². The molecule has 16 heteroatoms. The summed E-state index contributed by atoms with van der Waals surface area (Å²) in [7, 11) is -11.3. The molecule has 0 fully saturated rings. The number of sulfonamides is 1. The lowest BCUT2D eigenvalue weighted by Crippen LogP contribution is -2.65. The molecule has 2 aromatic rings. The molecule has 0 saturated carbocycles. The van der Waals surface area contributed by atoms with Gasteiger partial charge in [-0.25, -0.2) is 16.8 Å². The molecule has 2 aromatic carbocycles. The van der Waals surface area contributed by atoms with Crippen LogP contribution in [-0.2, 0) is 29.3 Å². The molecule has 2 atom stereocenters. The van der Waals surface area contributed by atoms with Crippen molar-refractivity contribution in [2.24, 2.45) is 0 Å². The lowest BCUT2D eigenvalue weighted by molar-refractivity contribution is -0.351. The number of nitrogens with zero attached hydrogens (tertiary/aromatic N) is 1. The second kappa shape index (κ2) is 9.75. The van der Waals surface area contributed by atoms with Crippen molar-refractivity contribution in [2.75, 3.05) is 0 Å². The molecule has 37 heavy (non-hydrogen) atoms. The summed E-state index contributed by atoms with van der Waals surface area (Å²) in [6.45, 7) is 0.985. The van der Waals surface area contributed by atoms with Crippen LogP contribution in [0, 0.1) is 0 Å². The number of hydrogen-bond donors (Lipinski definition) is 1. The van der Waals surface area contributed by atoms with E-state index in [0.29, 0.717) is 12.2 Å². The van der Waals surface area contributed by atoms with Crippen molar-refractivity contribution >= 4 is 19.9 Å². The standard InChI is InChI=1S/C21H17F6NO7S2/c1-14-12-17(34-20(22,23)24)19(18(13-14)35-21(25,26)27,36(30,31)15-8-4-2-5-9-15)28(29)37(32,33)16-10-6-3-7-11-16/h2-13,17,29H,1H3. The zero-order chi connectivity index (χ0) is 27.9. The molecule has 202 valence electrons. The zero-order valence-electron chi connectivity index (χ0n) is 18.4. The molecule has 2 unspecified atom stereocenters. The summed E-state index contributed by atoms with van der Waals surface area (Å²) in [5, 5.41) is 11.0. The second-order valence-corrected chi connectivity index (χ2v) is 11.4. The van der Waals surface area contributed by atoms with Crippen LogP contribution in [0.15, 0.2) is 93.9 Å². The Balaban J connectivity index is 2.49. The second-order valence-electron chi connectivity index (χ2n) is 7.53. The van der Waals surface area contributed by atoms with Gasteiger partial charge >= 0.3 is 12.7 Å². The van der Waals surface area contributed by atoms with E-state index in [-0.39, 0.29) is 0 Å². The van der Waals surface area contributed by atoms with E-state index in [1.165, 1.54) is 12.1 Å². The van der Waals surface area contributed by atoms with E-state index in [1.54, 1.807) is 0 Å². The third-order valence-electron chi connectivity index (χ3n) is 5.01. The van der Waals surface area contributed by atoms with Crippen molar-refractivity contribution < 1.29 is 57.9 Å². The first-order valence-corrected chi connectivity index (χ1v) is 12.8. The maximum absolute atomic E-state index is 13.9. The maximum atomic E-state index is 13.9. The van der Waals surface area contributed by atoms with Gasteiger partial charge in [-0.2, -0.15) is 0 Å². The van der Waals surface area contributed by atoms with Gasteiger partial charge in [-0.05, 0) is 53.4 Å². The molecule has 1 aliphatic carbocycles. The van der Waals surface area contributed by atoms with Crippen molar-refractivity contribution in [2.45, 2.75) is 40.4 Å². The van der Waals surface area contributed by atoms with Crippen molar-refractivity contribution in [3.8, 4) is 0 Å². The topological polar surface area (TPSA) is 110 Å². The Bertz CT molecular complexity index is 1410. The van der Waals surface area contributed by atoms with Crippen molar-refractivity contribution in [1.82, 2.24) is 4.47 Å². The summed E-state index contributed by atoms with van der Waals surface area (Å²) in [5.74, 6) is -1.90. The lowest BCUT2D eigenvalue weighted by Gasteiger charge is -2.44. The summed E-state index contributed by atoms with van der Waals surface area (Å²) in [6.07, 6.45) is -13.8. The van der Waals surface area contributed by atoms with Crippen LogP contribution in [0.3, 0.4) is 0 Å². The Kier molecular flexibility index (Phi) is 7.55. The largest absolute Gasteiger partial charge is 0.572 e. The molecule has 0 heterocycles. The molecule has 1 N–H and O–H groups in total. The maximum Gasteiger partial charge on any atom is 0.572 e. The highest BCUT2D eigenvalue weighted by Crippen LogP contribution is 2.48. The molecule has 0 aliphatic heterocycles. The lowest BCUT2D eigenvalue weighted by atomic mass is 9.98. The molecule has 0 saturated heterocycles. The first kappa shape index (κ1) is 28.6. The molecule has 3 rings (SSSR count). The number of halogens is 6. The van der Waals surface area contributed by atoms with Gasteiger partial charge in [-0.1, -0.05) is 36.4 Å². The number of alkyl halides is 6. The first-order chi connectivity index (χ1) is 16.9. The van der Waals surface area contributed by atoms with E-state index in [4.69, 9.17) is 0 Å². The zero-order valence-corrected chi connectivity index (χ0v) is 20.1. The van der Waals surface area contributed by atoms with Gasteiger partial charge in [0.2, 0.25) is 9.84 Å². The predicted molar refractivity (Wildman–Crippen MR) is 114 cm³/mol. The SMILES string of the molecule is CC1=CC(OC(F)(F)F)C(N(O)S(=O)(=O)c2ccccc2)(S(=O)(=O)c2ccccc2)C(OC(F)(F)F)=C1. The van der Waals surface area contributed by atoms with Gasteiger partial charge in [-0.15, -0.1) is 26.3 Å². The number of hydroxylamine groups is 1. The summed E-state index contributed by atoms with van der Waals surface area (Å²) in [5.41, 5.74) is -0.419. The molecule has 0 bridgehead atoms. The summed E-state index contributed by atoms with van der Waals surface area (Å²) in [6, 6.07) is 10.2. The Labute approximate surface area is 207 Å². The first-order valence-electron chi connectivity index (χ1n) is 9.93. The Morgan fingerprint density at radius 1 is 0.838 bits per heavy atom. The van der Waals surface area contributed by atoms with Crippen LogP contribution < -0.4 is 0 Å². The number of ether oxygens (including phenoxy) is 2. The molecule has 1 aliphatic rings. The van der Waals surface area contributed by atoms with E-state index in [0.717, 1.165) is 55.5 Å². The van der Waals surface area contributed by atoms with Gasteiger partial charge in [0.15, 0.2) is 0 Å². The number of sulfone groups is 1. The quantitative estimate of drug-likeness (QED) is 0.383. The highest BCUT2D eigenvalue weighted by molar-refractivity contribution is 7.95. The minimum absolute atomic E-state index is 0.341. The summed E-state index contributed by atoms with van der Waals surface area (Å²) in [4.78, 5) is -5.98. The Hall–Kier alpha value is -2.92. The van der Waals surface area contributed by atoms with Crippen LogP contribution in [0.4, 0.5) is 26.3 Å². The fourth-order valence-electron chi connectivity index (χ4n) is 3.58. The summed E-state index contributed by atoms with van der Waals surface area (Å²) >= 11 is 0. The number of rotatable bonds is 7. The third kappa shape index (κ3) is 5.52. The smallest absolute Gasteiger partial charge is 0.407 e. The summed E-state index contributed by atoms with van der Waals surface area (Å²) < 4.78 is 142. The van der Waals surface area contributed by atoms with Crippen LogP contribution in [-0.4, -0.2) is 50.2 Å². The van der Waals surface area contributed by atoms with Gasteiger partial charge in [0.25, 0.3) is 14.9 Å². The molecular weight excluding hydrogens is 556 g/mol. The van der Waals surface area contributed by atoms with Crippen molar-refractivity contribution in [3.05, 3.63) is 84.1 Å². The highest BCUT2D eigenvalue weighted by atomic mass is 32.2. The predicted octanol–water partition coefficient (Wildman–Crippen LogP) is 4.52. The van der Waals surface area contributed by atoms with Crippen molar-refractivity contribution in [3.63, 3.8) is 0 Å². The van der Waals surface area contributed by atoms with Crippen LogP contribution in [0.5, 0.6) is 0 Å². The molecule has 0 radical (unpaired) electrons. The number of allylic oxidation sites excluding steroid dienone is 2. The Morgan fingerprint density at radius 3 is 1.78 bits per heavy atom. The van der Waals surface area contributed by atoms with Gasteiger partial charge in [-0.3, -0.25) is 9.94 Å². The van der Waals surface area contributed by atoms with Crippen LogP contribution in [0.2, 0.25) is 0 Å². The van der Waals surface area contributed by atoms with Gasteiger partial charge in [0, 0.05) is 0 Å². The molecule has 0 amide bonds. The average Bonchev–Trinajstić information content (AvgIpc) is 2.77.